The number of rotatable bonds is 4. The smallest absolute Gasteiger partial charge is 0.456 e. The number of esters is 2. The summed E-state index contributed by atoms with van der Waals surface area (Å²) in [5.41, 5.74) is 0. The molecule has 16 heavy (non-hydrogen) atoms. The van der Waals surface area contributed by atoms with Crippen LogP contribution in [0.1, 0.15) is 6.92 Å². The van der Waals surface area contributed by atoms with Crippen molar-refractivity contribution < 1.29 is 33.3 Å². The van der Waals surface area contributed by atoms with Gasteiger partial charge in [-0.1, -0.05) is 0 Å². The summed E-state index contributed by atoms with van der Waals surface area (Å²) in [7, 11) is 0. The Morgan fingerprint density at radius 1 is 1.56 bits per heavy atom. The van der Waals surface area contributed by atoms with Crippen LogP contribution in [0.4, 0.5) is 4.79 Å². The third kappa shape index (κ3) is 3.60. The highest BCUT2D eigenvalue weighted by atomic mass is 16.8. The first-order valence-corrected chi connectivity index (χ1v) is 4.37. The van der Waals surface area contributed by atoms with Crippen LogP contribution in [-0.4, -0.2) is 37.4 Å². The van der Waals surface area contributed by atoms with Crippen molar-refractivity contribution in [2.75, 3.05) is 13.2 Å². The normalized spacial score (nSPS) is 18.3. The molecule has 0 radical (unpaired) electrons. The van der Waals surface area contributed by atoms with Crippen LogP contribution in [0.2, 0.25) is 0 Å². The topological polar surface area (TPSA) is 88.1 Å². The van der Waals surface area contributed by atoms with Gasteiger partial charge in [0.1, 0.15) is 13.2 Å². The summed E-state index contributed by atoms with van der Waals surface area (Å²) in [6, 6.07) is 0. The monoisotopic (exact) mass is 230 g/mol. The molecule has 1 rings (SSSR count). The van der Waals surface area contributed by atoms with Crippen molar-refractivity contribution in [2.24, 2.45) is 0 Å². The molecular formula is C9H10O7. The Morgan fingerprint density at radius 2 is 2.25 bits per heavy atom. The summed E-state index contributed by atoms with van der Waals surface area (Å²) in [6.45, 7) is 4.17. The molecule has 0 aromatic rings. The molecule has 0 saturated carbocycles. The van der Waals surface area contributed by atoms with E-state index in [0.29, 0.717) is 0 Å². The first-order chi connectivity index (χ1) is 7.49. The van der Waals surface area contributed by atoms with Gasteiger partial charge >= 0.3 is 18.1 Å². The maximum Gasteiger partial charge on any atom is 0.508 e. The van der Waals surface area contributed by atoms with Gasteiger partial charge in [0.2, 0.25) is 5.76 Å². The van der Waals surface area contributed by atoms with Gasteiger partial charge in [-0.3, -0.25) is 4.79 Å². The van der Waals surface area contributed by atoms with E-state index in [1.807, 2.05) is 0 Å². The third-order valence-corrected chi connectivity index (χ3v) is 1.54. The summed E-state index contributed by atoms with van der Waals surface area (Å²) in [4.78, 5) is 32.1. The van der Waals surface area contributed by atoms with E-state index in [-0.39, 0.29) is 13.2 Å². The lowest BCUT2D eigenvalue weighted by molar-refractivity contribution is -0.151. The third-order valence-electron chi connectivity index (χ3n) is 1.54. The van der Waals surface area contributed by atoms with Crippen molar-refractivity contribution in [1.82, 2.24) is 0 Å². The molecule has 1 atom stereocenters. The van der Waals surface area contributed by atoms with Gasteiger partial charge in [0.25, 0.3) is 0 Å². The molecule has 1 fully saturated rings. The van der Waals surface area contributed by atoms with E-state index in [9.17, 15) is 14.4 Å². The van der Waals surface area contributed by atoms with E-state index in [1.165, 1.54) is 0 Å². The van der Waals surface area contributed by atoms with Crippen LogP contribution < -0.4 is 0 Å². The van der Waals surface area contributed by atoms with Crippen molar-refractivity contribution in [1.29, 1.82) is 0 Å². The lowest BCUT2D eigenvalue weighted by atomic mass is 10.4. The fraction of sp³-hybridized carbons (Fsp3) is 0.444. The highest BCUT2D eigenvalue weighted by molar-refractivity contribution is 5.88. The zero-order chi connectivity index (χ0) is 12.1. The van der Waals surface area contributed by atoms with Gasteiger partial charge in [-0.15, -0.1) is 0 Å². The van der Waals surface area contributed by atoms with Crippen LogP contribution in [-0.2, 0) is 28.5 Å². The lowest BCUT2D eigenvalue weighted by Gasteiger charge is -2.08. The van der Waals surface area contributed by atoms with Crippen LogP contribution >= 0.6 is 0 Å². The minimum absolute atomic E-state index is 0.0200. The first-order valence-electron chi connectivity index (χ1n) is 4.37. The van der Waals surface area contributed by atoms with Crippen LogP contribution in [0.5, 0.6) is 0 Å². The number of carbonyl (C=O) groups excluding carboxylic acids is 3. The van der Waals surface area contributed by atoms with Crippen molar-refractivity contribution in [2.45, 2.75) is 13.0 Å². The number of cyclic esters (lactones) is 2. The predicted octanol–water partition coefficient (Wildman–Crippen LogP) is 0.142. The fourth-order valence-electron chi connectivity index (χ4n) is 0.912. The van der Waals surface area contributed by atoms with Crippen molar-refractivity contribution in [3.63, 3.8) is 0 Å². The highest BCUT2D eigenvalue weighted by Crippen LogP contribution is 2.07. The average Bonchev–Trinajstić information content (AvgIpc) is 2.59. The summed E-state index contributed by atoms with van der Waals surface area (Å²) in [6.07, 6.45) is -1.44. The molecule has 1 heterocycles. The Hall–Kier alpha value is -2.05. The van der Waals surface area contributed by atoms with Crippen LogP contribution in [0.25, 0.3) is 0 Å². The van der Waals surface area contributed by atoms with Gasteiger partial charge in [-0.05, 0) is 6.58 Å². The van der Waals surface area contributed by atoms with Gasteiger partial charge in [0.05, 0.1) is 0 Å². The van der Waals surface area contributed by atoms with Crippen LogP contribution in [0.3, 0.4) is 0 Å². The fourth-order valence-corrected chi connectivity index (χ4v) is 0.912. The maximum atomic E-state index is 11.1. The zero-order valence-corrected chi connectivity index (χ0v) is 8.56. The highest BCUT2D eigenvalue weighted by Gasteiger charge is 2.26. The quantitative estimate of drug-likeness (QED) is 0.294. The van der Waals surface area contributed by atoms with Gasteiger partial charge in [-0.25, -0.2) is 9.59 Å². The van der Waals surface area contributed by atoms with Crippen molar-refractivity contribution in [3.8, 4) is 0 Å². The van der Waals surface area contributed by atoms with Crippen molar-refractivity contribution in [3.05, 3.63) is 12.3 Å². The van der Waals surface area contributed by atoms with E-state index in [0.717, 1.165) is 6.92 Å². The number of carbonyl (C=O) groups is 3. The van der Waals surface area contributed by atoms with E-state index < -0.39 is 30.0 Å². The maximum absolute atomic E-state index is 11.1. The Kier molecular flexibility index (Phi) is 3.87. The van der Waals surface area contributed by atoms with E-state index >= 15 is 0 Å². The van der Waals surface area contributed by atoms with Crippen molar-refractivity contribution >= 4 is 18.1 Å². The van der Waals surface area contributed by atoms with Gasteiger partial charge < -0.3 is 18.9 Å². The largest absolute Gasteiger partial charge is 0.508 e. The Bertz CT molecular complexity index is 333. The Labute approximate surface area is 90.9 Å². The molecule has 88 valence electrons. The molecule has 0 bridgehead atoms. The van der Waals surface area contributed by atoms with Gasteiger partial charge in [0.15, 0.2) is 6.10 Å². The minimum atomic E-state index is -0.891. The van der Waals surface area contributed by atoms with E-state index in [1.54, 1.807) is 0 Å². The molecule has 0 aromatic heterocycles. The Morgan fingerprint density at radius 3 is 2.75 bits per heavy atom. The van der Waals surface area contributed by atoms with E-state index in [2.05, 4.69) is 25.5 Å². The molecule has 1 aliphatic rings. The lowest BCUT2D eigenvalue weighted by Crippen LogP contribution is -2.22. The second kappa shape index (κ2) is 5.15. The number of hydrogen-bond donors (Lipinski definition) is 0. The molecular weight excluding hydrogens is 220 g/mol. The van der Waals surface area contributed by atoms with Gasteiger partial charge in [0, 0.05) is 6.92 Å². The summed E-state index contributed by atoms with van der Waals surface area (Å²) in [5.74, 6) is -1.98. The van der Waals surface area contributed by atoms with Gasteiger partial charge in [-0.2, -0.15) is 0 Å². The summed E-state index contributed by atoms with van der Waals surface area (Å²) < 4.78 is 18.1. The molecule has 0 aromatic carbocycles. The molecule has 0 N–H and O–H groups in total. The molecule has 0 amide bonds. The number of ether oxygens (including phenoxy) is 4. The van der Waals surface area contributed by atoms with Crippen LogP contribution in [0, 0.1) is 0 Å². The second-order valence-electron chi connectivity index (χ2n) is 2.92. The summed E-state index contributed by atoms with van der Waals surface area (Å²) in [5, 5.41) is 0. The molecule has 1 saturated heterocycles. The second-order valence-corrected chi connectivity index (χ2v) is 2.92. The first kappa shape index (κ1) is 12.0. The average molecular weight is 230 g/mol. The predicted molar refractivity (Wildman–Crippen MR) is 48.1 cm³/mol. The molecule has 0 spiro atoms. The molecule has 1 unspecified atom stereocenters. The molecule has 1 aliphatic heterocycles. The molecule has 7 heteroatoms. The SMILES string of the molecule is C=C(OC(C)=O)C(=O)OCC1COC(=O)O1. The standard InChI is InChI=1S/C9H10O7/c1-5(15-6(2)10)8(11)13-3-7-4-14-9(12)16-7/h7H,1,3-4H2,2H3. The summed E-state index contributed by atoms with van der Waals surface area (Å²) >= 11 is 0. The number of hydrogen-bond acceptors (Lipinski definition) is 7. The minimum Gasteiger partial charge on any atom is -0.456 e. The van der Waals surface area contributed by atoms with Crippen LogP contribution in [0.15, 0.2) is 12.3 Å². The Balaban J connectivity index is 2.27. The van der Waals surface area contributed by atoms with E-state index in [4.69, 9.17) is 0 Å². The molecule has 0 aliphatic carbocycles. The molecule has 7 nitrogen and oxygen atoms in total. The zero-order valence-electron chi connectivity index (χ0n) is 8.56.